The van der Waals surface area contributed by atoms with Crippen molar-refractivity contribution in [3.8, 4) is 5.69 Å². The molecule has 2 aromatic heterocycles. The van der Waals surface area contributed by atoms with Crippen LogP contribution in [-0.2, 0) is 35.2 Å². The van der Waals surface area contributed by atoms with E-state index in [1.807, 2.05) is 0 Å². The molecule has 11 heteroatoms. The summed E-state index contributed by atoms with van der Waals surface area (Å²) in [6.45, 7) is 0.498. The normalized spacial score (nSPS) is 23.7. The van der Waals surface area contributed by atoms with E-state index in [1.54, 1.807) is 23.0 Å². The van der Waals surface area contributed by atoms with Crippen molar-refractivity contribution in [1.29, 1.82) is 0 Å². The average Bonchev–Trinajstić information content (AvgIpc) is 3.24. The van der Waals surface area contributed by atoms with Crippen molar-refractivity contribution in [3.05, 3.63) is 71.4 Å². The van der Waals surface area contributed by atoms with E-state index in [0.29, 0.717) is 25.8 Å². The molecule has 0 saturated carbocycles. The lowest BCUT2D eigenvalue weighted by molar-refractivity contribution is -0.141. The second-order valence-electron chi connectivity index (χ2n) is 8.69. The van der Waals surface area contributed by atoms with Crippen LogP contribution in [0.4, 0.5) is 17.6 Å². The molecule has 1 aromatic carbocycles. The third kappa shape index (κ3) is 4.01. The van der Waals surface area contributed by atoms with Gasteiger partial charge in [-0.1, -0.05) is 6.07 Å². The SMILES string of the molecule is O=CC12Cc3cnn(-c4ccc(F)cc4)c3CC1CCN([S+]([O-])c1cccc(C(F)(F)F)n1)C2. The van der Waals surface area contributed by atoms with E-state index in [1.165, 1.54) is 28.6 Å². The van der Waals surface area contributed by atoms with E-state index in [9.17, 15) is 26.9 Å². The number of pyridine rings is 1. The van der Waals surface area contributed by atoms with Crippen LogP contribution in [0.3, 0.4) is 0 Å². The number of alkyl halides is 3. The number of hydrogen-bond acceptors (Lipinski definition) is 5. The summed E-state index contributed by atoms with van der Waals surface area (Å²) >= 11 is -1.94. The van der Waals surface area contributed by atoms with Gasteiger partial charge in [-0.25, -0.2) is 9.07 Å². The first-order valence-corrected chi connectivity index (χ1v) is 11.8. The molecular weight excluding hydrogens is 472 g/mol. The first kappa shape index (κ1) is 23.0. The fourth-order valence-corrected chi connectivity index (χ4v) is 6.18. The zero-order valence-electron chi connectivity index (χ0n) is 17.8. The van der Waals surface area contributed by atoms with Crippen LogP contribution >= 0.6 is 0 Å². The molecule has 1 saturated heterocycles. The second-order valence-corrected chi connectivity index (χ2v) is 10.1. The van der Waals surface area contributed by atoms with E-state index in [4.69, 9.17) is 0 Å². The molecule has 6 nitrogen and oxygen atoms in total. The number of piperidine rings is 1. The molecule has 0 radical (unpaired) electrons. The quantitative estimate of drug-likeness (QED) is 0.315. The van der Waals surface area contributed by atoms with Crippen molar-refractivity contribution in [2.45, 2.75) is 30.5 Å². The summed E-state index contributed by atoms with van der Waals surface area (Å²) < 4.78 is 68.9. The molecule has 3 heterocycles. The smallest absolute Gasteiger partial charge is 0.433 e. The average molecular weight is 492 g/mol. The topological polar surface area (TPSA) is 74.1 Å². The minimum absolute atomic E-state index is 0.0453. The van der Waals surface area contributed by atoms with Crippen molar-refractivity contribution in [3.63, 3.8) is 0 Å². The fraction of sp³-hybridized carbons (Fsp3) is 0.348. The van der Waals surface area contributed by atoms with Gasteiger partial charge in [0.15, 0.2) is 0 Å². The summed E-state index contributed by atoms with van der Waals surface area (Å²) in [4.78, 5) is 15.9. The number of carbonyl (C=O) groups excluding carboxylic acids is 1. The van der Waals surface area contributed by atoms with Gasteiger partial charge in [-0.2, -0.15) is 23.3 Å². The summed E-state index contributed by atoms with van der Waals surface area (Å²) in [5.41, 5.74) is 0.601. The van der Waals surface area contributed by atoms with Crippen LogP contribution in [0.15, 0.2) is 53.7 Å². The summed E-state index contributed by atoms with van der Waals surface area (Å²) in [5, 5.41) is 4.26. The highest BCUT2D eigenvalue weighted by atomic mass is 32.2. The summed E-state index contributed by atoms with van der Waals surface area (Å²) in [6.07, 6.45) is -0.586. The van der Waals surface area contributed by atoms with Gasteiger partial charge in [0.1, 0.15) is 29.2 Å². The van der Waals surface area contributed by atoms with Crippen molar-refractivity contribution in [2.75, 3.05) is 13.1 Å². The van der Waals surface area contributed by atoms with Crippen LogP contribution in [0.25, 0.3) is 5.69 Å². The van der Waals surface area contributed by atoms with Gasteiger partial charge in [0.2, 0.25) is 0 Å². The summed E-state index contributed by atoms with van der Waals surface area (Å²) in [6, 6.07) is 9.31. The predicted octanol–water partition coefficient (Wildman–Crippen LogP) is 3.75. The van der Waals surface area contributed by atoms with Crippen LogP contribution in [-0.4, -0.2) is 43.0 Å². The zero-order chi connectivity index (χ0) is 24.1. The summed E-state index contributed by atoms with van der Waals surface area (Å²) in [5.74, 6) is -0.392. The molecule has 34 heavy (non-hydrogen) atoms. The molecule has 5 rings (SSSR count). The Morgan fingerprint density at radius 1 is 1.18 bits per heavy atom. The fourth-order valence-electron chi connectivity index (χ4n) is 4.91. The van der Waals surface area contributed by atoms with Crippen molar-refractivity contribution >= 4 is 17.6 Å². The minimum atomic E-state index is -4.64. The number of halogens is 4. The maximum Gasteiger partial charge on any atom is 0.433 e. The number of nitrogens with zero attached hydrogens (tertiary/aromatic N) is 4. The van der Waals surface area contributed by atoms with E-state index in [0.717, 1.165) is 29.3 Å². The molecule has 1 fully saturated rings. The number of benzene rings is 1. The van der Waals surface area contributed by atoms with Crippen LogP contribution in [0.5, 0.6) is 0 Å². The number of fused-ring (bicyclic) bond motifs is 2. The maximum absolute atomic E-state index is 13.3. The Kier molecular flexibility index (Phi) is 5.73. The number of hydrogen-bond donors (Lipinski definition) is 0. The molecule has 3 unspecified atom stereocenters. The molecule has 0 spiro atoms. The predicted molar refractivity (Wildman–Crippen MR) is 115 cm³/mol. The highest BCUT2D eigenvalue weighted by Gasteiger charge is 2.50. The van der Waals surface area contributed by atoms with E-state index < -0.39 is 28.6 Å². The van der Waals surface area contributed by atoms with Crippen LogP contribution in [0, 0.1) is 17.2 Å². The van der Waals surface area contributed by atoms with E-state index in [-0.39, 0.29) is 23.3 Å². The van der Waals surface area contributed by atoms with Crippen molar-refractivity contribution in [2.24, 2.45) is 11.3 Å². The first-order valence-electron chi connectivity index (χ1n) is 10.7. The monoisotopic (exact) mass is 492 g/mol. The molecule has 1 aliphatic carbocycles. The van der Waals surface area contributed by atoms with Gasteiger partial charge in [-0.15, -0.1) is 4.31 Å². The van der Waals surface area contributed by atoms with Crippen LogP contribution < -0.4 is 0 Å². The van der Waals surface area contributed by atoms with Crippen molar-refractivity contribution < 1.29 is 26.9 Å². The third-order valence-electron chi connectivity index (χ3n) is 6.66. The maximum atomic E-state index is 13.3. The van der Waals surface area contributed by atoms with Gasteiger partial charge in [-0.05, 0) is 61.1 Å². The Bertz CT molecular complexity index is 1220. The number of aldehydes is 1. The van der Waals surface area contributed by atoms with Gasteiger partial charge in [0, 0.05) is 18.3 Å². The highest BCUT2D eigenvalue weighted by Crippen LogP contribution is 2.45. The Morgan fingerprint density at radius 2 is 1.94 bits per heavy atom. The molecule has 2 aliphatic rings. The van der Waals surface area contributed by atoms with Gasteiger partial charge in [0.05, 0.1) is 23.8 Å². The number of aromatic nitrogens is 3. The Labute approximate surface area is 195 Å². The van der Waals surface area contributed by atoms with Gasteiger partial charge >= 0.3 is 6.18 Å². The molecule has 178 valence electrons. The lowest BCUT2D eigenvalue weighted by atomic mass is 9.64. The Morgan fingerprint density at radius 3 is 2.65 bits per heavy atom. The van der Waals surface area contributed by atoms with E-state index >= 15 is 0 Å². The van der Waals surface area contributed by atoms with Gasteiger partial charge in [0.25, 0.3) is 5.03 Å². The zero-order valence-corrected chi connectivity index (χ0v) is 18.7. The van der Waals surface area contributed by atoms with Crippen LogP contribution in [0.1, 0.15) is 23.4 Å². The van der Waals surface area contributed by atoms with Gasteiger partial charge < -0.3 is 9.35 Å². The molecule has 3 aromatic rings. The highest BCUT2D eigenvalue weighted by molar-refractivity contribution is 7.89. The lowest BCUT2D eigenvalue weighted by Gasteiger charge is -2.46. The lowest BCUT2D eigenvalue weighted by Crippen LogP contribution is -2.55. The van der Waals surface area contributed by atoms with Gasteiger partial charge in [-0.3, -0.25) is 0 Å². The second kappa shape index (κ2) is 8.47. The third-order valence-corrected chi connectivity index (χ3v) is 8.02. The molecule has 0 N–H and O–H groups in total. The molecule has 1 aliphatic heterocycles. The molecule has 0 amide bonds. The first-order chi connectivity index (χ1) is 16.2. The molecule has 3 atom stereocenters. The number of carbonyl (C=O) groups is 1. The number of rotatable bonds is 4. The molecule has 0 bridgehead atoms. The Hall–Kier alpha value is -2.76. The molecular formula is C23H20F4N4O2S. The van der Waals surface area contributed by atoms with Crippen molar-refractivity contribution in [1.82, 2.24) is 19.1 Å². The largest absolute Gasteiger partial charge is 0.592 e. The minimum Gasteiger partial charge on any atom is -0.592 e. The summed E-state index contributed by atoms with van der Waals surface area (Å²) in [7, 11) is 0. The standard InChI is InChI=1S/C23H20F4N4O2S/c24-17-4-6-18(7-5-17)31-19-10-16-8-9-30(13-22(16,14-32)11-15(19)12-28-31)34(33)21-3-1-2-20(29-21)23(25,26)27/h1-7,12,14,16H,8-11,13H2. The van der Waals surface area contributed by atoms with E-state index in [2.05, 4.69) is 10.1 Å². The Balaban J connectivity index is 1.41. The van der Waals surface area contributed by atoms with Crippen LogP contribution in [0.2, 0.25) is 0 Å².